The van der Waals surface area contributed by atoms with E-state index in [2.05, 4.69) is 4.98 Å². The maximum Gasteiger partial charge on any atom is 0.245 e. The molecule has 0 saturated carbocycles. The third-order valence-electron chi connectivity index (χ3n) is 3.74. The maximum atomic E-state index is 12.8. The van der Waals surface area contributed by atoms with Crippen LogP contribution in [0.3, 0.4) is 0 Å². The van der Waals surface area contributed by atoms with Crippen molar-refractivity contribution in [2.24, 2.45) is 5.73 Å². The van der Waals surface area contributed by atoms with E-state index >= 15 is 0 Å². The van der Waals surface area contributed by atoms with Crippen molar-refractivity contribution in [3.63, 3.8) is 0 Å². The summed E-state index contributed by atoms with van der Waals surface area (Å²) in [5.74, 6) is 0. The van der Waals surface area contributed by atoms with Crippen LogP contribution in [0.1, 0.15) is 12.0 Å². The Hall–Kier alpha value is -1.21. The van der Waals surface area contributed by atoms with E-state index < -0.39 is 10.0 Å². The highest BCUT2D eigenvalue weighted by Gasteiger charge is 2.32. The number of pyridine rings is 1. The third kappa shape index (κ3) is 2.53. The van der Waals surface area contributed by atoms with Crippen molar-refractivity contribution >= 4 is 32.5 Å². The van der Waals surface area contributed by atoms with Crippen LogP contribution in [0, 0.1) is 6.92 Å². The lowest BCUT2D eigenvalue weighted by Crippen LogP contribution is -2.32. The van der Waals surface area contributed by atoms with Crippen LogP contribution in [-0.2, 0) is 10.0 Å². The normalized spacial score (nSPS) is 20.2. The largest absolute Gasteiger partial charge is 0.326 e. The second-order valence-electron chi connectivity index (χ2n) is 5.34. The Balaban J connectivity index is 2.18. The maximum absolute atomic E-state index is 12.8. The zero-order valence-corrected chi connectivity index (χ0v) is 13.2. The molecule has 1 aliphatic rings. The Morgan fingerprint density at radius 3 is 2.86 bits per heavy atom. The first-order valence-corrected chi connectivity index (χ1v) is 8.53. The van der Waals surface area contributed by atoms with Crippen LogP contribution < -0.4 is 5.73 Å². The van der Waals surface area contributed by atoms with E-state index in [0.29, 0.717) is 30.2 Å². The van der Waals surface area contributed by atoms with Crippen LogP contribution in [0.5, 0.6) is 0 Å². The standard InChI is InChI=1S/C14H16ClN3O2S/c1-9-7-10-3-2-4-12(13(10)17-14(9)15)21(19,20)18-6-5-11(16)8-18/h2-4,7,11H,5-6,8,16H2,1H3. The number of fused-ring (bicyclic) bond motifs is 1. The summed E-state index contributed by atoms with van der Waals surface area (Å²) in [5.41, 5.74) is 7.05. The average molecular weight is 326 g/mol. The van der Waals surface area contributed by atoms with Crippen molar-refractivity contribution < 1.29 is 8.42 Å². The predicted molar refractivity (Wildman–Crippen MR) is 82.8 cm³/mol. The fraction of sp³-hybridized carbons (Fsp3) is 0.357. The number of halogens is 1. The molecule has 7 heteroatoms. The van der Waals surface area contributed by atoms with Crippen molar-refractivity contribution in [2.45, 2.75) is 24.3 Å². The van der Waals surface area contributed by atoms with Crippen molar-refractivity contribution in [1.82, 2.24) is 9.29 Å². The fourth-order valence-electron chi connectivity index (χ4n) is 2.57. The number of aryl methyl sites for hydroxylation is 1. The smallest absolute Gasteiger partial charge is 0.245 e. The molecule has 0 amide bonds. The van der Waals surface area contributed by atoms with Crippen LogP contribution in [0.2, 0.25) is 5.15 Å². The van der Waals surface area contributed by atoms with Gasteiger partial charge >= 0.3 is 0 Å². The van der Waals surface area contributed by atoms with Gasteiger partial charge in [0.2, 0.25) is 10.0 Å². The van der Waals surface area contributed by atoms with Crippen LogP contribution >= 0.6 is 11.6 Å². The van der Waals surface area contributed by atoms with E-state index in [0.717, 1.165) is 10.9 Å². The van der Waals surface area contributed by atoms with E-state index in [1.54, 1.807) is 12.1 Å². The van der Waals surface area contributed by atoms with E-state index in [-0.39, 0.29) is 10.9 Å². The van der Waals surface area contributed by atoms with Gasteiger partial charge in [-0.2, -0.15) is 4.31 Å². The molecule has 5 nitrogen and oxygen atoms in total. The number of sulfonamides is 1. The minimum absolute atomic E-state index is 0.103. The molecular weight excluding hydrogens is 310 g/mol. The van der Waals surface area contributed by atoms with Gasteiger partial charge in [-0.05, 0) is 31.0 Å². The zero-order chi connectivity index (χ0) is 15.2. The van der Waals surface area contributed by atoms with Gasteiger partial charge in [-0.15, -0.1) is 0 Å². The van der Waals surface area contributed by atoms with Crippen molar-refractivity contribution in [3.8, 4) is 0 Å². The van der Waals surface area contributed by atoms with Gasteiger partial charge in [-0.1, -0.05) is 23.7 Å². The molecule has 112 valence electrons. The molecule has 2 heterocycles. The second-order valence-corrected chi connectivity index (χ2v) is 7.60. The highest BCUT2D eigenvalue weighted by molar-refractivity contribution is 7.89. The highest BCUT2D eigenvalue weighted by atomic mass is 35.5. The third-order valence-corrected chi connectivity index (χ3v) is 6.02. The van der Waals surface area contributed by atoms with E-state index in [9.17, 15) is 8.42 Å². The Morgan fingerprint density at radius 1 is 1.43 bits per heavy atom. The summed E-state index contributed by atoms with van der Waals surface area (Å²) in [7, 11) is -3.60. The van der Waals surface area contributed by atoms with E-state index in [1.807, 2.05) is 19.1 Å². The Labute approximate surface area is 128 Å². The Kier molecular flexibility index (Phi) is 3.65. The highest BCUT2D eigenvalue weighted by Crippen LogP contribution is 2.28. The molecule has 0 radical (unpaired) electrons. The first-order valence-electron chi connectivity index (χ1n) is 6.71. The lowest BCUT2D eigenvalue weighted by molar-refractivity contribution is 0.473. The monoisotopic (exact) mass is 325 g/mol. The Morgan fingerprint density at radius 2 is 2.19 bits per heavy atom. The molecule has 1 aliphatic heterocycles. The van der Waals surface area contributed by atoms with Crippen molar-refractivity contribution in [2.75, 3.05) is 13.1 Å². The average Bonchev–Trinajstić information content (AvgIpc) is 2.87. The van der Waals surface area contributed by atoms with Crippen LogP contribution in [0.25, 0.3) is 10.9 Å². The molecular formula is C14H16ClN3O2S. The molecule has 1 fully saturated rings. The number of para-hydroxylation sites is 1. The van der Waals surface area contributed by atoms with Gasteiger partial charge in [0, 0.05) is 24.5 Å². The van der Waals surface area contributed by atoms with Crippen LogP contribution in [0.4, 0.5) is 0 Å². The van der Waals surface area contributed by atoms with Crippen molar-refractivity contribution in [3.05, 3.63) is 35.0 Å². The molecule has 1 saturated heterocycles. The molecule has 1 aromatic carbocycles. The predicted octanol–water partition coefficient (Wildman–Crippen LogP) is 1.92. The molecule has 0 spiro atoms. The summed E-state index contributed by atoms with van der Waals surface area (Å²) < 4.78 is 27.0. The number of hydrogen-bond donors (Lipinski definition) is 1. The van der Waals surface area contributed by atoms with Gasteiger partial charge in [-0.3, -0.25) is 0 Å². The van der Waals surface area contributed by atoms with Crippen molar-refractivity contribution in [1.29, 1.82) is 0 Å². The van der Waals surface area contributed by atoms with Gasteiger partial charge in [0.15, 0.2) is 0 Å². The number of nitrogens with zero attached hydrogens (tertiary/aromatic N) is 2. The molecule has 2 N–H and O–H groups in total. The van der Waals surface area contributed by atoms with Gasteiger partial charge < -0.3 is 5.73 Å². The van der Waals surface area contributed by atoms with Crippen LogP contribution in [-0.4, -0.2) is 36.8 Å². The van der Waals surface area contributed by atoms with E-state index in [4.69, 9.17) is 17.3 Å². The molecule has 0 bridgehead atoms. The van der Waals surface area contributed by atoms with Crippen LogP contribution in [0.15, 0.2) is 29.2 Å². The molecule has 1 atom stereocenters. The van der Waals surface area contributed by atoms with Gasteiger partial charge in [0.05, 0.1) is 5.52 Å². The second kappa shape index (κ2) is 5.21. The zero-order valence-electron chi connectivity index (χ0n) is 11.6. The molecule has 1 aromatic heterocycles. The number of rotatable bonds is 2. The minimum Gasteiger partial charge on any atom is -0.326 e. The molecule has 3 rings (SSSR count). The van der Waals surface area contributed by atoms with Gasteiger partial charge in [0.1, 0.15) is 10.0 Å². The number of nitrogens with two attached hydrogens (primary N) is 1. The molecule has 2 aromatic rings. The summed E-state index contributed by atoms with van der Waals surface area (Å²) in [6.45, 7) is 2.63. The van der Waals surface area contributed by atoms with Gasteiger partial charge in [-0.25, -0.2) is 13.4 Å². The first-order chi connectivity index (χ1) is 9.89. The Bertz CT molecular complexity index is 807. The molecule has 1 unspecified atom stereocenters. The fourth-order valence-corrected chi connectivity index (χ4v) is 4.38. The summed E-state index contributed by atoms with van der Waals surface area (Å²) in [6, 6.07) is 6.87. The summed E-state index contributed by atoms with van der Waals surface area (Å²) in [5, 5.41) is 1.09. The number of benzene rings is 1. The molecule has 21 heavy (non-hydrogen) atoms. The topological polar surface area (TPSA) is 76.3 Å². The summed E-state index contributed by atoms with van der Waals surface area (Å²) in [6.07, 6.45) is 0.678. The molecule has 0 aliphatic carbocycles. The lowest BCUT2D eigenvalue weighted by atomic mass is 10.2. The first kappa shape index (κ1) is 14.7. The summed E-state index contributed by atoms with van der Waals surface area (Å²) >= 11 is 6.05. The lowest BCUT2D eigenvalue weighted by Gasteiger charge is -2.17. The SMILES string of the molecule is Cc1cc2cccc(S(=O)(=O)N3CCC(N)C3)c2nc1Cl. The minimum atomic E-state index is -3.60. The van der Waals surface area contributed by atoms with E-state index in [1.165, 1.54) is 4.31 Å². The van der Waals surface area contributed by atoms with Gasteiger partial charge in [0.25, 0.3) is 0 Å². The summed E-state index contributed by atoms with van der Waals surface area (Å²) in [4.78, 5) is 4.45. The number of aromatic nitrogens is 1. The quantitative estimate of drug-likeness (QED) is 0.856. The number of hydrogen-bond acceptors (Lipinski definition) is 4.